The van der Waals surface area contributed by atoms with E-state index in [1.807, 2.05) is 31.2 Å². The van der Waals surface area contributed by atoms with E-state index < -0.39 is 0 Å². The van der Waals surface area contributed by atoms with Crippen LogP contribution < -0.4 is 10.1 Å². The molecule has 0 bridgehead atoms. The van der Waals surface area contributed by atoms with Crippen LogP contribution in [0.15, 0.2) is 76.2 Å². The Morgan fingerprint density at radius 3 is 2.50 bits per heavy atom. The molecule has 30 heavy (non-hydrogen) atoms. The number of nitrogens with zero attached hydrogens (tertiary/aromatic N) is 1. The van der Waals surface area contributed by atoms with Crippen LogP contribution >= 0.6 is 15.9 Å². The first-order valence-corrected chi connectivity index (χ1v) is 10.9. The third-order valence-corrected chi connectivity index (χ3v) is 5.85. The number of aryl methyl sites for hydroxylation is 1. The Kier molecular flexibility index (Phi) is 6.21. The van der Waals surface area contributed by atoms with Crippen molar-refractivity contribution in [2.75, 3.05) is 6.61 Å². The first-order chi connectivity index (χ1) is 14.5. The molecule has 2 atom stereocenters. The summed E-state index contributed by atoms with van der Waals surface area (Å²) >= 11 is 3.50. The summed E-state index contributed by atoms with van der Waals surface area (Å²) in [5, 5.41) is 14.5. The van der Waals surface area contributed by atoms with E-state index in [0.29, 0.717) is 18.8 Å². The highest BCUT2D eigenvalue weighted by Crippen LogP contribution is 2.39. The summed E-state index contributed by atoms with van der Waals surface area (Å²) in [5.41, 5.74) is 5.24. The zero-order valence-electron chi connectivity index (χ0n) is 17.1. The number of phenolic OH excluding ortho intramolecular Hbond substituents is 1. The summed E-state index contributed by atoms with van der Waals surface area (Å²) in [6.07, 6.45) is 0.475. The normalized spacial score (nSPS) is 18.7. The smallest absolute Gasteiger partial charge is 0.162 e. The molecule has 0 amide bonds. The second kappa shape index (κ2) is 9.02. The molecule has 0 saturated carbocycles. The number of rotatable bonds is 5. The van der Waals surface area contributed by atoms with E-state index in [-0.39, 0.29) is 18.0 Å². The van der Waals surface area contributed by atoms with Crippen LogP contribution in [0, 0.1) is 6.92 Å². The molecule has 0 fully saturated rings. The van der Waals surface area contributed by atoms with Crippen LogP contribution in [0.1, 0.15) is 47.8 Å². The van der Waals surface area contributed by atoms with E-state index in [9.17, 15) is 5.11 Å². The standard InChI is InChI=1S/C25H25BrN2O2/c1-3-30-23-6-4-5-20(24(23)29)22-15-21(17-9-7-16(2)8-10-17)27-25(28-22)18-11-13-19(26)14-12-18/h4-14,22,25,28-29H,3,15H2,1-2H3/t22-,25+/m0/s1. The highest BCUT2D eigenvalue weighted by molar-refractivity contribution is 9.10. The maximum Gasteiger partial charge on any atom is 0.162 e. The average Bonchev–Trinajstić information content (AvgIpc) is 2.76. The van der Waals surface area contributed by atoms with E-state index in [2.05, 4.69) is 64.6 Å². The van der Waals surface area contributed by atoms with Gasteiger partial charge in [-0.15, -0.1) is 0 Å². The SMILES string of the molecule is CCOc1cccc([C@@H]2CC(c3ccc(C)cc3)=N[C@@H](c3ccc(Br)cc3)N2)c1O. The van der Waals surface area contributed by atoms with Gasteiger partial charge in [-0.25, -0.2) is 0 Å². The van der Waals surface area contributed by atoms with Crippen molar-refractivity contribution < 1.29 is 9.84 Å². The summed E-state index contributed by atoms with van der Waals surface area (Å²) in [7, 11) is 0. The fourth-order valence-corrected chi connectivity index (χ4v) is 4.00. The number of aromatic hydroxyl groups is 1. The van der Waals surface area contributed by atoms with Crippen LogP contribution in [0.5, 0.6) is 11.5 Å². The van der Waals surface area contributed by atoms with Gasteiger partial charge in [0.25, 0.3) is 0 Å². The first kappa shape index (κ1) is 20.6. The zero-order valence-corrected chi connectivity index (χ0v) is 18.7. The summed E-state index contributed by atoms with van der Waals surface area (Å²) in [5.74, 6) is 0.702. The highest BCUT2D eigenvalue weighted by Gasteiger charge is 2.28. The predicted molar refractivity (Wildman–Crippen MR) is 124 cm³/mol. The molecular weight excluding hydrogens is 440 g/mol. The van der Waals surface area contributed by atoms with Gasteiger partial charge in [0.2, 0.25) is 0 Å². The quantitative estimate of drug-likeness (QED) is 0.480. The van der Waals surface area contributed by atoms with E-state index >= 15 is 0 Å². The molecule has 0 radical (unpaired) electrons. The van der Waals surface area contributed by atoms with Gasteiger partial charge in [-0.05, 0) is 43.2 Å². The van der Waals surface area contributed by atoms with Crippen molar-refractivity contribution >= 4 is 21.6 Å². The lowest BCUT2D eigenvalue weighted by molar-refractivity contribution is 0.313. The summed E-state index contributed by atoms with van der Waals surface area (Å²) < 4.78 is 6.64. The minimum absolute atomic E-state index is 0.0899. The van der Waals surface area contributed by atoms with Gasteiger partial charge in [0, 0.05) is 28.2 Å². The number of hydrogen-bond acceptors (Lipinski definition) is 4. The minimum Gasteiger partial charge on any atom is -0.504 e. The molecule has 0 spiro atoms. The Balaban J connectivity index is 1.74. The third kappa shape index (κ3) is 4.42. The number of nitrogens with one attached hydrogen (secondary N) is 1. The second-order valence-corrected chi connectivity index (χ2v) is 8.36. The summed E-state index contributed by atoms with van der Waals surface area (Å²) in [6, 6.07) is 22.2. The van der Waals surface area contributed by atoms with Crippen molar-refractivity contribution in [2.45, 2.75) is 32.5 Å². The second-order valence-electron chi connectivity index (χ2n) is 7.45. The molecule has 4 nitrogen and oxygen atoms in total. The number of para-hydroxylation sites is 1. The number of hydrogen-bond donors (Lipinski definition) is 2. The fraction of sp³-hybridized carbons (Fsp3) is 0.240. The fourth-order valence-electron chi connectivity index (χ4n) is 3.74. The van der Waals surface area contributed by atoms with Crippen molar-refractivity contribution in [3.63, 3.8) is 0 Å². The van der Waals surface area contributed by atoms with Crippen LogP contribution in [0.3, 0.4) is 0 Å². The molecule has 154 valence electrons. The van der Waals surface area contributed by atoms with Gasteiger partial charge in [0.1, 0.15) is 6.17 Å². The lowest BCUT2D eigenvalue weighted by Crippen LogP contribution is -2.33. The monoisotopic (exact) mass is 464 g/mol. The molecule has 3 aromatic rings. The molecule has 0 unspecified atom stereocenters. The van der Waals surface area contributed by atoms with Crippen molar-refractivity contribution in [3.8, 4) is 11.5 Å². The number of phenols is 1. The van der Waals surface area contributed by atoms with Crippen molar-refractivity contribution in [1.29, 1.82) is 0 Å². The molecule has 4 rings (SSSR count). The van der Waals surface area contributed by atoms with Gasteiger partial charge < -0.3 is 9.84 Å². The largest absolute Gasteiger partial charge is 0.504 e. The lowest BCUT2D eigenvalue weighted by atomic mass is 9.93. The maximum absolute atomic E-state index is 10.8. The van der Waals surface area contributed by atoms with Crippen LogP contribution in [0.2, 0.25) is 0 Å². The summed E-state index contributed by atoms with van der Waals surface area (Å²) in [4.78, 5) is 5.02. The summed E-state index contributed by atoms with van der Waals surface area (Å²) in [6.45, 7) is 4.50. The third-order valence-electron chi connectivity index (χ3n) is 5.32. The van der Waals surface area contributed by atoms with Gasteiger partial charge in [0.05, 0.1) is 6.61 Å². The van der Waals surface area contributed by atoms with Crippen LogP contribution in [0.25, 0.3) is 0 Å². The van der Waals surface area contributed by atoms with Crippen molar-refractivity contribution in [3.05, 3.63) is 93.5 Å². The number of ether oxygens (including phenoxy) is 1. The van der Waals surface area contributed by atoms with Gasteiger partial charge in [-0.1, -0.05) is 70.0 Å². The van der Waals surface area contributed by atoms with Gasteiger partial charge >= 0.3 is 0 Å². The topological polar surface area (TPSA) is 53.8 Å². The molecule has 3 aromatic carbocycles. The maximum atomic E-state index is 10.8. The van der Waals surface area contributed by atoms with Gasteiger partial charge in [-0.2, -0.15) is 0 Å². The highest BCUT2D eigenvalue weighted by atomic mass is 79.9. The Morgan fingerprint density at radius 1 is 1.07 bits per heavy atom. The van der Waals surface area contributed by atoms with E-state index in [4.69, 9.17) is 9.73 Å². The van der Waals surface area contributed by atoms with E-state index in [1.165, 1.54) is 5.56 Å². The molecule has 5 heteroatoms. The van der Waals surface area contributed by atoms with Crippen LogP contribution in [-0.4, -0.2) is 17.4 Å². The Labute approximate surface area is 185 Å². The van der Waals surface area contributed by atoms with Crippen LogP contribution in [-0.2, 0) is 0 Å². The number of halogens is 1. The molecule has 0 aromatic heterocycles. The molecule has 0 saturated heterocycles. The van der Waals surface area contributed by atoms with Crippen molar-refractivity contribution in [2.24, 2.45) is 4.99 Å². The molecule has 2 N–H and O–H groups in total. The lowest BCUT2D eigenvalue weighted by Gasteiger charge is -2.31. The van der Waals surface area contributed by atoms with Gasteiger partial charge in [-0.3, -0.25) is 10.3 Å². The molecule has 1 aliphatic rings. The van der Waals surface area contributed by atoms with Crippen LogP contribution in [0.4, 0.5) is 0 Å². The molecular formula is C25H25BrN2O2. The minimum atomic E-state index is -0.205. The Morgan fingerprint density at radius 2 is 1.80 bits per heavy atom. The zero-order chi connectivity index (χ0) is 21.1. The average molecular weight is 465 g/mol. The van der Waals surface area contributed by atoms with E-state index in [1.54, 1.807) is 6.07 Å². The predicted octanol–water partition coefficient (Wildman–Crippen LogP) is 6.08. The molecule has 1 heterocycles. The Bertz CT molecular complexity index is 1050. The molecule has 1 aliphatic heterocycles. The number of benzene rings is 3. The van der Waals surface area contributed by atoms with Crippen molar-refractivity contribution in [1.82, 2.24) is 5.32 Å². The molecule has 0 aliphatic carbocycles. The van der Waals surface area contributed by atoms with Gasteiger partial charge in [0.15, 0.2) is 11.5 Å². The van der Waals surface area contributed by atoms with E-state index in [0.717, 1.165) is 26.9 Å². The first-order valence-electron chi connectivity index (χ1n) is 10.1. The Hall–Kier alpha value is -2.63. The number of aliphatic imine (C=N–C) groups is 1.